The summed E-state index contributed by atoms with van der Waals surface area (Å²) in [5.41, 5.74) is 0. The van der Waals surface area contributed by atoms with E-state index in [1.165, 1.54) is 238 Å². The Bertz CT molecular complexity index is 1700. The number of carbonyl (C=O) groups is 1. The highest BCUT2D eigenvalue weighted by molar-refractivity contribution is 5.76. The quantitative estimate of drug-likeness (QED) is 0.0199. The summed E-state index contributed by atoms with van der Waals surface area (Å²) in [6.45, 7) is 1.77. The lowest BCUT2D eigenvalue weighted by Gasteiger charge is -2.48. The summed E-state index contributed by atoms with van der Waals surface area (Å²) in [6, 6.07) is -0.968. The number of rotatable bonds is 59. The Morgan fingerprint density at radius 2 is 0.681 bits per heavy atom. The van der Waals surface area contributed by atoms with Gasteiger partial charge < -0.3 is 89.9 Å². The van der Waals surface area contributed by atoms with Crippen molar-refractivity contribution in [2.24, 2.45) is 0 Å². The molecule has 0 bridgehead atoms. The van der Waals surface area contributed by atoms with Gasteiger partial charge in [-0.2, -0.15) is 0 Å². The Morgan fingerprint density at radius 3 is 1.03 bits per heavy atom. The smallest absolute Gasteiger partial charge is 0.220 e. The summed E-state index contributed by atoms with van der Waals surface area (Å²) in [5, 5.41) is 121. The number of aliphatic hydroxyl groups excluding tert-OH is 11. The summed E-state index contributed by atoms with van der Waals surface area (Å²) in [4.78, 5) is 13.4. The minimum Gasteiger partial charge on any atom is -0.394 e. The molecule has 17 unspecified atom stereocenters. The van der Waals surface area contributed by atoms with Gasteiger partial charge in [-0.3, -0.25) is 4.79 Å². The average Bonchev–Trinajstić information content (AvgIpc) is 0.888. The van der Waals surface area contributed by atoms with Gasteiger partial charge >= 0.3 is 0 Å². The number of hydrogen-bond donors (Lipinski definition) is 12. The van der Waals surface area contributed by atoms with E-state index in [-0.39, 0.29) is 18.9 Å². The van der Waals surface area contributed by atoms with Crippen molar-refractivity contribution in [3.63, 3.8) is 0 Å². The second-order valence-corrected chi connectivity index (χ2v) is 27.1. The Morgan fingerprint density at radius 1 is 0.385 bits per heavy atom. The zero-order valence-electron chi connectivity index (χ0n) is 57.1. The van der Waals surface area contributed by atoms with Crippen LogP contribution in [0.4, 0.5) is 0 Å². The lowest BCUT2D eigenvalue weighted by molar-refractivity contribution is -0.379. The maximum absolute atomic E-state index is 13.4. The fraction of sp³-hybridized carbons (Fsp3) is 0.958. The van der Waals surface area contributed by atoms with Gasteiger partial charge in [0.05, 0.1) is 38.6 Å². The SMILES string of the molecule is CCCCCCCCCCCCCCC/C=C/C(O)C(COC1OC(CO)C(OC2OC(CO)C(OC3OC(CO)C(O)C(O)C3O)C(O)C2O)C(O)C1O)NC(=O)CCCCCCCCCCCCCCCCCCCCCCCCCCCCCCCCC. The van der Waals surface area contributed by atoms with Gasteiger partial charge in [-0.1, -0.05) is 296 Å². The number of ether oxygens (including phenoxy) is 6. The van der Waals surface area contributed by atoms with Gasteiger partial charge in [-0.25, -0.2) is 0 Å². The highest BCUT2D eigenvalue weighted by atomic mass is 16.8. The lowest BCUT2D eigenvalue weighted by Crippen LogP contribution is -2.66. The van der Waals surface area contributed by atoms with E-state index < -0.39 is 124 Å². The first kappa shape index (κ1) is 83.8. The van der Waals surface area contributed by atoms with Gasteiger partial charge in [-0.15, -0.1) is 0 Å². The molecular weight excluding hydrogens is 1170 g/mol. The van der Waals surface area contributed by atoms with Gasteiger partial charge in [0.2, 0.25) is 5.91 Å². The predicted molar refractivity (Wildman–Crippen MR) is 356 cm³/mol. The monoisotopic (exact) mass is 1300 g/mol. The third-order valence-electron chi connectivity index (χ3n) is 19.1. The van der Waals surface area contributed by atoms with E-state index in [9.17, 15) is 61.0 Å². The Labute approximate surface area is 550 Å². The molecule has 538 valence electrons. The Kier molecular flexibility index (Phi) is 50.2. The number of carbonyl (C=O) groups excluding carboxylic acids is 1. The van der Waals surface area contributed by atoms with Crippen LogP contribution in [0.5, 0.6) is 0 Å². The van der Waals surface area contributed by atoms with Crippen LogP contribution in [0.1, 0.15) is 309 Å². The van der Waals surface area contributed by atoms with Crippen LogP contribution in [0.25, 0.3) is 0 Å². The molecule has 0 spiro atoms. The fourth-order valence-corrected chi connectivity index (χ4v) is 13.0. The molecule has 0 aromatic rings. The molecule has 3 aliphatic heterocycles. The number of amides is 1. The molecule has 17 atom stereocenters. The molecular formula is C72H137NO18. The second kappa shape index (κ2) is 54.5. The van der Waals surface area contributed by atoms with E-state index in [1.807, 2.05) is 6.08 Å². The van der Waals surface area contributed by atoms with Crippen LogP contribution < -0.4 is 5.32 Å². The summed E-state index contributed by atoms with van der Waals surface area (Å²) in [5.74, 6) is -0.268. The molecule has 0 radical (unpaired) electrons. The number of hydrogen-bond acceptors (Lipinski definition) is 18. The van der Waals surface area contributed by atoms with Crippen molar-refractivity contribution >= 4 is 5.91 Å². The minimum absolute atomic E-state index is 0.250. The number of unbranched alkanes of at least 4 members (excludes halogenated alkanes) is 43. The van der Waals surface area contributed by atoms with E-state index in [2.05, 4.69) is 19.2 Å². The first-order valence-corrected chi connectivity index (χ1v) is 37.4. The van der Waals surface area contributed by atoms with Crippen LogP contribution in [-0.2, 0) is 33.2 Å². The van der Waals surface area contributed by atoms with Crippen LogP contribution in [0.15, 0.2) is 12.2 Å². The molecule has 1 amide bonds. The molecule has 0 aromatic carbocycles. The van der Waals surface area contributed by atoms with Crippen molar-refractivity contribution in [3.05, 3.63) is 12.2 Å². The zero-order chi connectivity index (χ0) is 66.1. The van der Waals surface area contributed by atoms with E-state index in [1.54, 1.807) is 6.08 Å². The predicted octanol–water partition coefficient (Wildman–Crippen LogP) is 10.8. The molecule has 19 nitrogen and oxygen atoms in total. The number of allylic oxidation sites excluding steroid dienone is 1. The van der Waals surface area contributed by atoms with Crippen molar-refractivity contribution in [2.45, 2.75) is 413 Å². The van der Waals surface area contributed by atoms with Gasteiger partial charge in [0, 0.05) is 6.42 Å². The van der Waals surface area contributed by atoms with Gasteiger partial charge in [0.1, 0.15) is 73.2 Å². The molecule has 19 heteroatoms. The van der Waals surface area contributed by atoms with Crippen molar-refractivity contribution in [1.29, 1.82) is 0 Å². The zero-order valence-corrected chi connectivity index (χ0v) is 57.1. The van der Waals surface area contributed by atoms with Gasteiger partial charge in [0.15, 0.2) is 18.9 Å². The summed E-state index contributed by atoms with van der Waals surface area (Å²) in [7, 11) is 0. The average molecular weight is 1300 g/mol. The maximum atomic E-state index is 13.4. The number of nitrogens with one attached hydrogen (secondary N) is 1. The molecule has 0 aliphatic carbocycles. The van der Waals surface area contributed by atoms with Crippen LogP contribution >= 0.6 is 0 Å². The van der Waals surface area contributed by atoms with Crippen LogP contribution in [0, 0.1) is 0 Å². The maximum Gasteiger partial charge on any atom is 0.220 e. The third kappa shape index (κ3) is 36.1. The van der Waals surface area contributed by atoms with Crippen molar-refractivity contribution in [1.82, 2.24) is 5.32 Å². The van der Waals surface area contributed by atoms with Crippen LogP contribution in [-0.4, -0.2) is 193 Å². The molecule has 0 aromatic heterocycles. The van der Waals surface area contributed by atoms with E-state index in [0.717, 1.165) is 44.9 Å². The molecule has 91 heavy (non-hydrogen) atoms. The summed E-state index contributed by atoms with van der Waals surface area (Å²) >= 11 is 0. The van der Waals surface area contributed by atoms with Crippen molar-refractivity contribution in [3.8, 4) is 0 Å². The second-order valence-electron chi connectivity index (χ2n) is 27.1. The molecule has 3 heterocycles. The fourth-order valence-electron chi connectivity index (χ4n) is 13.0. The van der Waals surface area contributed by atoms with E-state index >= 15 is 0 Å². The molecule has 3 fully saturated rings. The molecule has 3 aliphatic rings. The first-order valence-electron chi connectivity index (χ1n) is 37.4. The molecule has 12 N–H and O–H groups in total. The minimum atomic E-state index is -1.98. The topological polar surface area (TPSA) is 307 Å². The highest BCUT2D eigenvalue weighted by Gasteiger charge is 2.53. The Balaban J connectivity index is 1.36. The van der Waals surface area contributed by atoms with Crippen molar-refractivity contribution < 1.29 is 89.4 Å². The third-order valence-corrected chi connectivity index (χ3v) is 19.1. The lowest BCUT2D eigenvalue weighted by atomic mass is 9.96. The molecule has 3 saturated heterocycles. The van der Waals surface area contributed by atoms with Crippen LogP contribution in [0.3, 0.4) is 0 Å². The Hall–Kier alpha value is -1.47. The normalized spacial score (nSPS) is 27.9. The standard InChI is InChI=1S/C72H137NO18/c1-3-5-7-9-11-13-15-17-19-20-21-22-23-24-25-26-27-28-29-30-31-32-33-34-36-38-40-42-44-46-48-50-60(78)73-55(56(77)49-47-45-43-41-39-37-35-18-16-14-12-10-8-6-4-2)54-86-70-66(84)63(81)68(58(52-75)88-70)91-72-67(85)64(82)69(59(53-76)89-72)90-71-65(83)62(80)61(79)57(51-74)87-71/h47,49,55-59,61-72,74-77,79-85H,3-46,48,50-54H2,1-2H3,(H,73,78)/b49-47+. The van der Waals surface area contributed by atoms with E-state index in [0.29, 0.717) is 6.42 Å². The largest absolute Gasteiger partial charge is 0.394 e. The molecule has 0 saturated carbocycles. The van der Waals surface area contributed by atoms with Gasteiger partial charge in [-0.05, 0) is 19.3 Å². The summed E-state index contributed by atoms with van der Waals surface area (Å²) in [6.07, 6.45) is 35.0. The molecule has 3 rings (SSSR count). The van der Waals surface area contributed by atoms with Crippen LogP contribution in [0.2, 0.25) is 0 Å². The number of aliphatic hydroxyl groups is 11. The van der Waals surface area contributed by atoms with E-state index in [4.69, 9.17) is 28.4 Å². The van der Waals surface area contributed by atoms with Crippen molar-refractivity contribution in [2.75, 3.05) is 26.4 Å². The highest BCUT2D eigenvalue weighted by Crippen LogP contribution is 2.33. The first-order chi connectivity index (χ1) is 44.3. The summed E-state index contributed by atoms with van der Waals surface area (Å²) < 4.78 is 34.4. The van der Waals surface area contributed by atoms with Gasteiger partial charge in [0.25, 0.3) is 0 Å².